The van der Waals surface area contributed by atoms with Gasteiger partial charge < -0.3 is 44.7 Å². The zero-order valence-electron chi connectivity index (χ0n) is 41.3. The summed E-state index contributed by atoms with van der Waals surface area (Å²) in [6.07, 6.45) is 27.3. The van der Waals surface area contributed by atoms with Crippen LogP contribution < -0.4 is 11.4 Å². The van der Waals surface area contributed by atoms with E-state index in [-0.39, 0.29) is 18.7 Å². The molecule has 0 spiro atoms. The Morgan fingerprint density at radius 2 is 1.26 bits per heavy atom. The Hall–Kier alpha value is -2.54. The van der Waals surface area contributed by atoms with Gasteiger partial charge in [0.25, 0.3) is 0 Å². The van der Waals surface area contributed by atoms with Gasteiger partial charge in [-0.25, -0.2) is 13.9 Å². The van der Waals surface area contributed by atoms with E-state index in [1.165, 1.54) is 95.7 Å². The minimum Gasteiger partial charge on any atom is -0.462 e. The highest BCUT2D eigenvalue weighted by Crippen LogP contribution is 2.60. The number of carbonyl (C=O) groups is 2. The number of ether oxygens (including phenoxy) is 4. The minimum absolute atomic E-state index is 0.0491. The van der Waals surface area contributed by atoms with Crippen LogP contribution in [-0.2, 0) is 51.0 Å². The number of carbonyl (C=O) groups excluding carboxylic acids is 2. The van der Waals surface area contributed by atoms with Gasteiger partial charge in [-0.15, -0.1) is 0 Å². The van der Waals surface area contributed by atoms with Crippen LogP contribution in [0.2, 0.25) is 0 Å². The number of phosphoric acid groups is 2. The maximum atomic E-state index is 12.9. The van der Waals surface area contributed by atoms with Gasteiger partial charge in [0, 0.05) is 19.0 Å². The van der Waals surface area contributed by atoms with Crippen LogP contribution in [0.25, 0.3) is 0 Å². The first kappa shape index (κ1) is 60.8. The van der Waals surface area contributed by atoms with Crippen LogP contribution >= 0.6 is 15.6 Å². The number of nitrogens with zero attached hydrogens (tertiary/aromatic N) is 2. The molecule has 69 heavy (non-hydrogen) atoms. The molecule has 4 unspecified atom stereocenters. The van der Waals surface area contributed by atoms with Crippen LogP contribution in [-0.4, -0.2) is 97.9 Å². The summed E-state index contributed by atoms with van der Waals surface area (Å²) in [6.45, 7) is 2.12. The summed E-state index contributed by atoms with van der Waals surface area (Å²) in [7, 11) is -10.8. The fourth-order valence-electron chi connectivity index (χ4n) is 8.14. The summed E-state index contributed by atoms with van der Waals surface area (Å²) in [5, 5.41) is 20.9. The number of aromatic nitrogens is 2. The van der Waals surface area contributed by atoms with Gasteiger partial charge in [-0.1, -0.05) is 154 Å². The molecule has 6 N–H and O–H groups in total. The minimum atomic E-state index is -5.43. The van der Waals surface area contributed by atoms with Crippen molar-refractivity contribution in [1.82, 2.24) is 9.55 Å². The molecule has 2 saturated heterocycles. The maximum absolute atomic E-state index is 12.9. The number of aliphatic hydroxyl groups is 2. The predicted molar refractivity (Wildman–Crippen MR) is 261 cm³/mol. The number of phosphoric ester groups is 2. The average molecular weight is 1020 g/mol. The lowest BCUT2D eigenvalue weighted by Crippen LogP contribution is -2.36. The van der Waals surface area contributed by atoms with Crippen LogP contribution in [0.5, 0.6) is 0 Å². The molecule has 2 aliphatic rings. The maximum Gasteiger partial charge on any atom is 0.481 e. The largest absolute Gasteiger partial charge is 0.481 e. The zero-order chi connectivity index (χ0) is 50.3. The van der Waals surface area contributed by atoms with Crippen molar-refractivity contribution >= 4 is 33.4 Å². The summed E-state index contributed by atoms with van der Waals surface area (Å²) < 4.78 is 62.6. The highest BCUT2D eigenvalue weighted by atomic mass is 31.3. The normalized spacial score (nSPS) is 22.3. The van der Waals surface area contributed by atoms with Crippen LogP contribution in [0, 0.1) is 0 Å². The average Bonchev–Trinajstić information content (AvgIpc) is 3.99. The van der Waals surface area contributed by atoms with Crippen molar-refractivity contribution in [2.45, 2.75) is 236 Å². The molecule has 398 valence electrons. The number of hydrogen-bond acceptors (Lipinski definition) is 16. The zero-order valence-corrected chi connectivity index (χ0v) is 43.1. The van der Waals surface area contributed by atoms with E-state index < -0.39 is 83.7 Å². The second kappa shape index (κ2) is 34.8. The summed E-state index contributed by atoms with van der Waals surface area (Å²) in [5.74, 6) is -1.31. The number of epoxide rings is 1. The Balaban J connectivity index is 1.39. The molecule has 0 aliphatic carbocycles. The van der Waals surface area contributed by atoms with Crippen LogP contribution in [0.3, 0.4) is 0 Å². The highest BCUT2D eigenvalue weighted by molar-refractivity contribution is 7.61. The van der Waals surface area contributed by atoms with Gasteiger partial charge in [0.05, 0.1) is 25.4 Å². The van der Waals surface area contributed by atoms with E-state index in [0.717, 1.165) is 75.2 Å². The third kappa shape index (κ3) is 27.2. The molecule has 3 rings (SSSR count). The number of nitrogens with two attached hydrogens (primary N) is 1. The summed E-state index contributed by atoms with van der Waals surface area (Å²) in [5.41, 5.74) is 4.59. The molecule has 0 aromatic carbocycles. The van der Waals surface area contributed by atoms with Crippen molar-refractivity contribution in [1.29, 1.82) is 0 Å². The summed E-state index contributed by atoms with van der Waals surface area (Å²) in [6, 6.07) is 1.25. The van der Waals surface area contributed by atoms with E-state index in [4.69, 9.17) is 33.7 Å². The lowest BCUT2D eigenvalue weighted by atomic mass is 10.0. The van der Waals surface area contributed by atoms with E-state index >= 15 is 0 Å². The van der Waals surface area contributed by atoms with Crippen molar-refractivity contribution in [3.05, 3.63) is 34.9 Å². The fraction of sp³-hybridized carbons (Fsp3) is 0.833. The number of nitrogen functional groups attached to an aromatic ring is 1. The monoisotopic (exact) mass is 1020 g/mol. The fourth-order valence-corrected chi connectivity index (χ4v) is 10.3. The second-order valence-corrected chi connectivity index (χ2v) is 21.5. The molecule has 2 aliphatic heterocycles. The number of hydrogen-bond donors (Lipinski definition) is 5. The third-order valence-electron chi connectivity index (χ3n) is 12.3. The first-order valence-electron chi connectivity index (χ1n) is 25.8. The molecule has 3 heterocycles. The standard InChI is InChI=1S/C48H85N3O16P2/c1-3-5-7-9-11-12-13-14-15-16-17-18-19-23-28-32-44(53)64-38(35-61-43(52)31-27-24-20-22-26-30-40-39(65-40)29-25-21-10-8-6-4-2)36-62-68(57,58)67-69(59,60)63-37-41-45(54)46(55)47(66-41)51-34-33-42(49)50-48(51)56/h21,25,33-34,38-41,45-47,54-55H,3-20,22-24,26-32,35-37H2,1-2H3,(H,57,58)(H,59,60)(H2,49,50,56)/b25-21-/t38-,39?,40?,41-,45-,46-,47-/m1/s1. The molecule has 2 fully saturated rings. The second-order valence-electron chi connectivity index (χ2n) is 18.4. The quantitative estimate of drug-likeness (QED) is 0.0134. The lowest BCUT2D eigenvalue weighted by Gasteiger charge is -2.21. The van der Waals surface area contributed by atoms with Crippen LogP contribution in [0.4, 0.5) is 5.82 Å². The van der Waals surface area contributed by atoms with E-state index in [1.54, 1.807) is 0 Å². The number of rotatable bonds is 42. The smallest absolute Gasteiger partial charge is 0.462 e. The van der Waals surface area contributed by atoms with Gasteiger partial charge in [0.1, 0.15) is 30.7 Å². The van der Waals surface area contributed by atoms with Crippen molar-refractivity contribution in [3.8, 4) is 0 Å². The molecule has 21 heteroatoms. The van der Waals surface area contributed by atoms with Gasteiger partial charge in [-0.05, 0) is 44.6 Å². The third-order valence-corrected chi connectivity index (χ3v) is 14.9. The molecule has 1 aromatic heterocycles. The summed E-state index contributed by atoms with van der Waals surface area (Å²) in [4.78, 5) is 62.0. The van der Waals surface area contributed by atoms with Crippen molar-refractivity contribution in [3.63, 3.8) is 0 Å². The lowest BCUT2D eigenvalue weighted by molar-refractivity contribution is -0.161. The molecular formula is C48H85N3O16P2. The van der Waals surface area contributed by atoms with E-state index in [0.29, 0.717) is 25.0 Å². The molecular weight excluding hydrogens is 936 g/mol. The topological polar surface area (TPSA) is 278 Å². The number of unbranched alkanes of at least 4 members (excludes halogenated alkanes) is 21. The van der Waals surface area contributed by atoms with Crippen LogP contribution in [0.15, 0.2) is 29.2 Å². The molecule has 19 nitrogen and oxygen atoms in total. The van der Waals surface area contributed by atoms with Crippen molar-refractivity contribution in [2.75, 3.05) is 25.6 Å². The molecule has 0 amide bonds. The Kier molecular flexibility index (Phi) is 30.6. The van der Waals surface area contributed by atoms with Crippen molar-refractivity contribution < 1.29 is 71.0 Å². The van der Waals surface area contributed by atoms with Gasteiger partial charge in [0.15, 0.2) is 12.3 Å². The van der Waals surface area contributed by atoms with Gasteiger partial charge in [0.2, 0.25) is 0 Å². The van der Waals surface area contributed by atoms with Gasteiger partial charge in [-0.2, -0.15) is 9.29 Å². The molecule has 9 atom stereocenters. The number of allylic oxidation sites excluding steroid dienone is 1. The summed E-state index contributed by atoms with van der Waals surface area (Å²) >= 11 is 0. The molecule has 1 aromatic rings. The Morgan fingerprint density at radius 1 is 0.710 bits per heavy atom. The molecule has 0 saturated carbocycles. The number of esters is 2. The Bertz CT molecular complexity index is 1770. The van der Waals surface area contributed by atoms with Crippen molar-refractivity contribution in [2.24, 2.45) is 0 Å². The van der Waals surface area contributed by atoms with Gasteiger partial charge >= 0.3 is 33.3 Å². The first-order chi connectivity index (χ1) is 33.1. The first-order valence-corrected chi connectivity index (χ1v) is 28.8. The Labute approximate surface area is 409 Å². The van der Waals surface area contributed by atoms with Crippen LogP contribution in [0.1, 0.15) is 200 Å². The van der Waals surface area contributed by atoms with E-state index in [2.05, 4.69) is 35.3 Å². The van der Waals surface area contributed by atoms with E-state index in [1.807, 2.05) is 0 Å². The van der Waals surface area contributed by atoms with E-state index in [9.17, 15) is 43.5 Å². The number of aliphatic hydroxyl groups excluding tert-OH is 2. The SMILES string of the molecule is CCCCC/C=C\CC1OC1CCCCCCCC(=O)OC[C@H](COP(=O)(O)OP(=O)(O)OC[C@H]1O[C@@H](n2ccc(N)nc2=O)[C@H](O)[C@@H]1O)OC(=O)CCCCCCCCCCCCCCCCC. The molecule has 0 radical (unpaired) electrons. The number of anilines is 1. The molecule has 0 bridgehead atoms. The highest BCUT2D eigenvalue weighted by Gasteiger charge is 2.46. The predicted octanol–water partition coefficient (Wildman–Crippen LogP) is 9.44. The Morgan fingerprint density at radius 3 is 1.87 bits per heavy atom. The van der Waals surface area contributed by atoms with Gasteiger partial charge in [-0.3, -0.25) is 23.2 Å².